The third kappa shape index (κ3) is 6.87. The van der Waals surface area contributed by atoms with Gasteiger partial charge in [-0.25, -0.2) is 9.97 Å². The zero-order valence-electron chi connectivity index (χ0n) is 19.8. The highest BCUT2D eigenvalue weighted by atomic mass is 15.0. The van der Waals surface area contributed by atoms with Gasteiger partial charge in [-0.3, -0.25) is 0 Å². The normalized spacial score (nSPS) is 10.4. The number of hydrogen-bond acceptors (Lipinski definition) is 4. The van der Waals surface area contributed by atoms with Crippen molar-refractivity contribution in [2.24, 2.45) is 5.73 Å². The van der Waals surface area contributed by atoms with Crippen LogP contribution in [0, 0.1) is 13.8 Å². The van der Waals surface area contributed by atoms with Crippen molar-refractivity contribution in [3.05, 3.63) is 94.4 Å². The van der Waals surface area contributed by atoms with E-state index in [-0.39, 0.29) is 0 Å². The van der Waals surface area contributed by atoms with Crippen LogP contribution in [0.3, 0.4) is 0 Å². The molecular weight excluding hydrogens is 394 g/mol. The predicted octanol–water partition coefficient (Wildman–Crippen LogP) is 5.64. The minimum Gasteiger partial charge on any atom is -0.340 e. The first kappa shape index (κ1) is 25.0. The van der Waals surface area contributed by atoms with Crippen LogP contribution in [0.5, 0.6) is 0 Å². The van der Waals surface area contributed by atoms with Gasteiger partial charge in [-0.05, 0) is 49.2 Å². The lowest BCUT2D eigenvalue weighted by Crippen LogP contribution is -2.12. The first-order valence-electron chi connectivity index (χ1n) is 11.1. The van der Waals surface area contributed by atoms with Gasteiger partial charge in [0.15, 0.2) is 5.65 Å². The summed E-state index contributed by atoms with van der Waals surface area (Å²) in [7, 11) is 1.50. The van der Waals surface area contributed by atoms with Gasteiger partial charge < -0.3 is 16.0 Å². The molecule has 4 rings (SSSR count). The number of imidazole rings is 1. The van der Waals surface area contributed by atoms with E-state index in [1.807, 2.05) is 32.9 Å². The van der Waals surface area contributed by atoms with E-state index < -0.39 is 0 Å². The van der Waals surface area contributed by atoms with Crippen LogP contribution < -0.4 is 11.1 Å². The minimum atomic E-state index is 0.759. The number of pyridine rings is 1. The Morgan fingerprint density at radius 2 is 1.56 bits per heavy atom. The number of nitrogens with two attached hydrogens (primary N) is 1. The Labute approximate surface area is 191 Å². The smallest absolute Gasteiger partial charge is 0.178 e. The summed E-state index contributed by atoms with van der Waals surface area (Å²) in [4.78, 5) is 12.0. The molecule has 0 radical (unpaired) electrons. The Morgan fingerprint density at radius 1 is 0.875 bits per heavy atom. The van der Waals surface area contributed by atoms with Gasteiger partial charge in [0, 0.05) is 24.8 Å². The van der Waals surface area contributed by atoms with Gasteiger partial charge in [-0.15, -0.1) is 0 Å². The maximum absolute atomic E-state index is 4.50. The van der Waals surface area contributed by atoms with Crippen molar-refractivity contribution >= 4 is 23.3 Å². The van der Waals surface area contributed by atoms with Gasteiger partial charge in [0.05, 0.1) is 5.52 Å². The van der Waals surface area contributed by atoms with Gasteiger partial charge in [-0.2, -0.15) is 0 Å². The third-order valence-electron chi connectivity index (χ3n) is 4.83. The standard InChI is InChI=1S/C24H24N4.C2H6.CH5N/c1-17-8-9-20(16-25-15-19-6-4-3-5-7-19)14-22(17)11-10-21-12-13-26-24-23(21)27-18(2)28-24;2*1-2/h3-14,25H,15-16H2,1-2H3,(H,26,27,28);1-2H3;2H2,1H3/b11-10+;;. The Balaban J connectivity index is 0.000000860. The second kappa shape index (κ2) is 13.2. The van der Waals surface area contributed by atoms with Crippen molar-refractivity contribution in [3.8, 4) is 0 Å². The molecule has 4 N–H and O–H groups in total. The van der Waals surface area contributed by atoms with Crippen molar-refractivity contribution in [1.29, 1.82) is 0 Å². The van der Waals surface area contributed by atoms with E-state index in [4.69, 9.17) is 0 Å². The molecule has 0 fully saturated rings. The van der Waals surface area contributed by atoms with Crippen LogP contribution in [-0.2, 0) is 13.1 Å². The van der Waals surface area contributed by atoms with Crippen LogP contribution in [0.2, 0.25) is 0 Å². The molecule has 5 heteroatoms. The highest BCUT2D eigenvalue weighted by molar-refractivity contribution is 5.86. The molecule has 0 atom stereocenters. The lowest BCUT2D eigenvalue weighted by atomic mass is 10.0. The summed E-state index contributed by atoms with van der Waals surface area (Å²) in [6.45, 7) is 9.80. The molecule has 2 heterocycles. The van der Waals surface area contributed by atoms with Crippen LogP contribution in [0.1, 0.15) is 47.5 Å². The minimum absolute atomic E-state index is 0.759. The number of fused-ring (bicyclic) bond motifs is 1. The molecule has 0 amide bonds. The predicted molar refractivity (Wildman–Crippen MR) is 137 cm³/mol. The van der Waals surface area contributed by atoms with Crippen molar-refractivity contribution in [3.63, 3.8) is 0 Å². The number of nitrogens with zero attached hydrogens (tertiary/aromatic N) is 2. The van der Waals surface area contributed by atoms with Gasteiger partial charge in [0.1, 0.15) is 5.82 Å². The molecule has 0 aliphatic rings. The Bertz CT molecular complexity index is 1110. The third-order valence-corrected chi connectivity index (χ3v) is 4.83. The summed E-state index contributed by atoms with van der Waals surface area (Å²) in [5.41, 5.74) is 12.4. The zero-order valence-corrected chi connectivity index (χ0v) is 19.8. The number of H-pyrrole nitrogens is 1. The van der Waals surface area contributed by atoms with E-state index >= 15 is 0 Å². The van der Waals surface area contributed by atoms with Gasteiger partial charge in [0.25, 0.3) is 0 Å². The van der Waals surface area contributed by atoms with Crippen LogP contribution in [0.15, 0.2) is 60.8 Å². The average Bonchev–Trinajstić information content (AvgIpc) is 3.23. The number of aromatic nitrogens is 3. The molecule has 2 aromatic carbocycles. The average molecular weight is 430 g/mol. The van der Waals surface area contributed by atoms with Crippen LogP contribution in [0.4, 0.5) is 0 Å². The fraction of sp³-hybridized carbons (Fsp3) is 0.259. The SMILES string of the molecule is CC.CN.Cc1nc2nccc(/C=C/c3cc(CNCc4ccccc4)ccc3C)c2[nH]1. The van der Waals surface area contributed by atoms with E-state index in [0.29, 0.717) is 0 Å². The molecule has 4 aromatic rings. The van der Waals surface area contributed by atoms with Crippen LogP contribution in [0.25, 0.3) is 23.3 Å². The number of aromatic amines is 1. The Kier molecular flexibility index (Phi) is 10.3. The molecular formula is C27H35N5. The Hall–Kier alpha value is -3.28. The van der Waals surface area contributed by atoms with E-state index in [1.165, 1.54) is 29.3 Å². The molecule has 0 saturated heterocycles. The molecule has 32 heavy (non-hydrogen) atoms. The molecule has 168 valence electrons. The summed E-state index contributed by atoms with van der Waals surface area (Å²) in [6, 6.07) is 19.1. The number of rotatable bonds is 6. The van der Waals surface area contributed by atoms with E-state index in [0.717, 1.165) is 35.6 Å². The molecule has 0 unspecified atom stereocenters. The van der Waals surface area contributed by atoms with Crippen molar-refractivity contribution in [2.45, 2.75) is 40.8 Å². The van der Waals surface area contributed by atoms with E-state index in [2.05, 4.69) is 87.5 Å². The topological polar surface area (TPSA) is 79.6 Å². The number of hydrogen-bond donors (Lipinski definition) is 3. The fourth-order valence-electron chi connectivity index (χ4n) is 3.29. The maximum atomic E-state index is 4.50. The summed E-state index contributed by atoms with van der Waals surface area (Å²) in [6.07, 6.45) is 6.10. The lowest BCUT2D eigenvalue weighted by Gasteiger charge is -2.08. The molecule has 0 spiro atoms. The largest absolute Gasteiger partial charge is 0.340 e. The van der Waals surface area contributed by atoms with Crippen LogP contribution in [-0.4, -0.2) is 22.0 Å². The highest BCUT2D eigenvalue weighted by Gasteiger charge is 2.04. The molecule has 0 saturated carbocycles. The first-order valence-corrected chi connectivity index (χ1v) is 11.1. The lowest BCUT2D eigenvalue weighted by molar-refractivity contribution is 0.693. The van der Waals surface area contributed by atoms with Gasteiger partial charge in [-0.1, -0.05) is 74.5 Å². The summed E-state index contributed by atoms with van der Waals surface area (Å²) < 4.78 is 0. The molecule has 0 aliphatic heterocycles. The first-order chi connectivity index (χ1) is 15.7. The maximum Gasteiger partial charge on any atom is 0.178 e. The summed E-state index contributed by atoms with van der Waals surface area (Å²) >= 11 is 0. The van der Waals surface area contributed by atoms with Crippen molar-refractivity contribution in [2.75, 3.05) is 7.05 Å². The Morgan fingerprint density at radius 3 is 2.31 bits per heavy atom. The molecule has 5 nitrogen and oxygen atoms in total. The second-order valence-corrected chi connectivity index (χ2v) is 7.03. The van der Waals surface area contributed by atoms with Gasteiger partial charge in [0.2, 0.25) is 0 Å². The van der Waals surface area contributed by atoms with Crippen molar-refractivity contribution < 1.29 is 0 Å². The van der Waals surface area contributed by atoms with Gasteiger partial charge >= 0.3 is 0 Å². The second-order valence-electron chi connectivity index (χ2n) is 7.03. The highest BCUT2D eigenvalue weighted by Crippen LogP contribution is 2.19. The summed E-state index contributed by atoms with van der Waals surface area (Å²) in [5, 5.41) is 3.52. The van der Waals surface area contributed by atoms with E-state index in [9.17, 15) is 0 Å². The molecule has 0 bridgehead atoms. The fourth-order valence-corrected chi connectivity index (χ4v) is 3.29. The van der Waals surface area contributed by atoms with Crippen LogP contribution >= 0.6 is 0 Å². The summed E-state index contributed by atoms with van der Waals surface area (Å²) in [5.74, 6) is 0.881. The quantitative estimate of drug-likeness (QED) is 0.371. The monoisotopic (exact) mass is 429 g/mol. The number of benzene rings is 2. The molecule has 2 aromatic heterocycles. The zero-order chi connectivity index (χ0) is 23.3. The number of nitrogens with one attached hydrogen (secondary N) is 2. The van der Waals surface area contributed by atoms with E-state index in [1.54, 1.807) is 6.20 Å². The van der Waals surface area contributed by atoms with Crippen molar-refractivity contribution in [1.82, 2.24) is 20.3 Å². The molecule has 0 aliphatic carbocycles. The number of aryl methyl sites for hydroxylation is 2.